The maximum Gasteiger partial charge on any atom is 0.126 e. The first-order chi connectivity index (χ1) is 8.20. The summed E-state index contributed by atoms with van der Waals surface area (Å²) in [6.45, 7) is 2.31. The van der Waals surface area contributed by atoms with Crippen LogP contribution in [0.5, 0.6) is 0 Å². The second kappa shape index (κ2) is 5.63. The number of nitrogens with one attached hydrogen (secondary N) is 1. The van der Waals surface area contributed by atoms with Crippen molar-refractivity contribution in [1.29, 1.82) is 0 Å². The Labute approximate surface area is 103 Å². The highest BCUT2D eigenvalue weighted by Gasteiger charge is 2.28. The Hall–Kier alpha value is -0.890. The van der Waals surface area contributed by atoms with E-state index in [1.165, 1.54) is 19.3 Å². The molecule has 3 atom stereocenters. The van der Waals surface area contributed by atoms with E-state index in [4.69, 9.17) is 0 Å². The van der Waals surface area contributed by atoms with Crippen LogP contribution in [-0.4, -0.2) is 13.1 Å². The molecule has 1 aliphatic rings. The summed E-state index contributed by atoms with van der Waals surface area (Å²) in [6, 6.07) is 7.72. The quantitative estimate of drug-likeness (QED) is 0.846. The van der Waals surface area contributed by atoms with Crippen LogP contribution in [0.2, 0.25) is 0 Å². The van der Waals surface area contributed by atoms with E-state index in [0.717, 1.165) is 17.9 Å². The van der Waals surface area contributed by atoms with Crippen LogP contribution in [0.3, 0.4) is 0 Å². The molecule has 1 fully saturated rings. The largest absolute Gasteiger partial charge is 0.317 e. The zero-order valence-corrected chi connectivity index (χ0v) is 10.7. The fourth-order valence-electron chi connectivity index (χ4n) is 3.05. The molecule has 1 aromatic rings. The molecule has 2 rings (SSSR count). The monoisotopic (exact) mass is 235 g/mol. The van der Waals surface area contributed by atoms with Crippen molar-refractivity contribution < 1.29 is 4.39 Å². The van der Waals surface area contributed by atoms with Gasteiger partial charge in [0.1, 0.15) is 5.82 Å². The maximum atomic E-state index is 13.7. The minimum atomic E-state index is -0.0550. The van der Waals surface area contributed by atoms with Gasteiger partial charge in [0.15, 0.2) is 0 Å². The molecule has 0 aromatic heterocycles. The Kier molecular flexibility index (Phi) is 4.16. The maximum absolute atomic E-state index is 13.7. The highest BCUT2D eigenvalue weighted by atomic mass is 19.1. The molecule has 3 unspecified atom stereocenters. The van der Waals surface area contributed by atoms with E-state index in [0.29, 0.717) is 12.0 Å². The van der Waals surface area contributed by atoms with Crippen LogP contribution in [0.1, 0.15) is 31.7 Å². The first-order valence-electron chi connectivity index (χ1n) is 6.61. The highest BCUT2D eigenvalue weighted by Crippen LogP contribution is 2.31. The molecular weight excluding hydrogens is 213 g/mol. The Balaban J connectivity index is 2.07. The number of rotatable bonds is 3. The smallest absolute Gasteiger partial charge is 0.126 e. The zero-order chi connectivity index (χ0) is 12.3. The molecule has 0 heterocycles. The molecule has 0 spiro atoms. The Morgan fingerprint density at radius 2 is 2.06 bits per heavy atom. The van der Waals surface area contributed by atoms with E-state index < -0.39 is 0 Å². The van der Waals surface area contributed by atoms with Crippen molar-refractivity contribution in [3.8, 4) is 0 Å². The van der Waals surface area contributed by atoms with Crippen molar-refractivity contribution in [3.05, 3.63) is 35.6 Å². The van der Waals surface area contributed by atoms with Crippen molar-refractivity contribution in [2.75, 3.05) is 7.05 Å². The van der Waals surface area contributed by atoms with Crippen molar-refractivity contribution in [2.45, 2.75) is 38.6 Å². The van der Waals surface area contributed by atoms with Crippen molar-refractivity contribution in [1.82, 2.24) is 5.32 Å². The molecule has 0 radical (unpaired) electrons. The van der Waals surface area contributed by atoms with E-state index in [9.17, 15) is 4.39 Å². The van der Waals surface area contributed by atoms with Crippen LogP contribution in [0.25, 0.3) is 0 Å². The lowest BCUT2D eigenvalue weighted by molar-refractivity contribution is 0.219. The van der Waals surface area contributed by atoms with Gasteiger partial charge in [0.25, 0.3) is 0 Å². The van der Waals surface area contributed by atoms with Gasteiger partial charge in [-0.3, -0.25) is 0 Å². The van der Waals surface area contributed by atoms with Gasteiger partial charge in [0.05, 0.1) is 0 Å². The van der Waals surface area contributed by atoms with E-state index in [1.807, 2.05) is 19.2 Å². The summed E-state index contributed by atoms with van der Waals surface area (Å²) < 4.78 is 13.7. The van der Waals surface area contributed by atoms with Crippen molar-refractivity contribution in [3.63, 3.8) is 0 Å². The lowest BCUT2D eigenvalue weighted by atomic mass is 9.76. The average Bonchev–Trinajstić information content (AvgIpc) is 2.32. The molecule has 2 heteroatoms. The number of halogens is 1. The molecule has 0 aliphatic heterocycles. The minimum absolute atomic E-state index is 0.0550. The van der Waals surface area contributed by atoms with Gasteiger partial charge >= 0.3 is 0 Å². The Morgan fingerprint density at radius 3 is 2.76 bits per heavy atom. The SMILES string of the molecule is CNC1CCC(C)CC1Cc1ccccc1F. The molecule has 1 N–H and O–H groups in total. The van der Waals surface area contributed by atoms with Gasteiger partial charge in [-0.05, 0) is 56.2 Å². The van der Waals surface area contributed by atoms with Gasteiger partial charge in [0.2, 0.25) is 0 Å². The van der Waals surface area contributed by atoms with Crippen LogP contribution in [0.4, 0.5) is 4.39 Å². The molecule has 94 valence electrons. The highest BCUT2D eigenvalue weighted by molar-refractivity contribution is 5.18. The van der Waals surface area contributed by atoms with Crippen molar-refractivity contribution >= 4 is 0 Å². The van der Waals surface area contributed by atoms with Gasteiger partial charge < -0.3 is 5.32 Å². The molecule has 17 heavy (non-hydrogen) atoms. The summed E-state index contributed by atoms with van der Waals surface area (Å²) in [5.41, 5.74) is 0.867. The molecule has 0 saturated heterocycles. The lowest BCUT2D eigenvalue weighted by Gasteiger charge is -2.35. The van der Waals surface area contributed by atoms with Crippen LogP contribution in [0, 0.1) is 17.7 Å². The van der Waals surface area contributed by atoms with Gasteiger partial charge in [-0.25, -0.2) is 4.39 Å². The molecule has 0 amide bonds. The summed E-state index contributed by atoms with van der Waals surface area (Å²) >= 11 is 0. The standard InChI is InChI=1S/C15H22FN/c1-11-7-8-15(17-2)13(9-11)10-12-5-3-4-6-14(12)16/h3-6,11,13,15,17H,7-10H2,1-2H3. The number of hydrogen-bond donors (Lipinski definition) is 1. The van der Waals surface area contributed by atoms with Gasteiger partial charge in [-0.1, -0.05) is 25.1 Å². The molecule has 0 bridgehead atoms. The topological polar surface area (TPSA) is 12.0 Å². The number of hydrogen-bond acceptors (Lipinski definition) is 1. The van der Waals surface area contributed by atoms with E-state index in [2.05, 4.69) is 12.2 Å². The summed E-state index contributed by atoms with van der Waals surface area (Å²) in [5.74, 6) is 1.29. The fraction of sp³-hybridized carbons (Fsp3) is 0.600. The second-order valence-electron chi connectivity index (χ2n) is 5.37. The molecule has 1 saturated carbocycles. The van der Waals surface area contributed by atoms with Crippen LogP contribution in [0.15, 0.2) is 24.3 Å². The second-order valence-corrected chi connectivity index (χ2v) is 5.37. The summed E-state index contributed by atoms with van der Waals surface area (Å²) in [5, 5.41) is 3.39. The van der Waals surface area contributed by atoms with E-state index >= 15 is 0 Å². The van der Waals surface area contributed by atoms with Gasteiger partial charge in [-0.15, -0.1) is 0 Å². The van der Waals surface area contributed by atoms with Crippen LogP contribution >= 0.6 is 0 Å². The summed E-state index contributed by atoms with van der Waals surface area (Å²) in [7, 11) is 2.02. The predicted octanol–water partition coefficient (Wildman–Crippen LogP) is 3.39. The molecule has 1 aliphatic carbocycles. The van der Waals surface area contributed by atoms with E-state index in [1.54, 1.807) is 12.1 Å². The van der Waals surface area contributed by atoms with E-state index in [-0.39, 0.29) is 5.82 Å². The minimum Gasteiger partial charge on any atom is -0.317 e. The van der Waals surface area contributed by atoms with Gasteiger partial charge in [-0.2, -0.15) is 0 Å². The first kappa shape index (κ1) is 12.6. The molecule has 1 aromatic carbocycles. The lowest BCUT2D eigenvalue weighted by Crippen LogP contribution is -2.39. The Morgan fingerprint density at radius 1 is 1.29 bits per heavy atom. The molecular formula is C15H22FN. The zero-order valence-electron chi connectivity index (χ0n) is 10.7. The summed E-state index contributed by atoms with van der Waals surface area (Å²) in [4.78, 5) is 0. The predicted molar refractivity (Wildman–Crippen MR) is 69.5 cm³/mol. The van der Waals surface area contributed by atoms with Crippen molar-refractivity contribution in [2.24, 2.45) is 11.8 Å². The fourth-order valence-corrected chi connectivity index (χ4v) is 3.05. The van der Waals surface area contributed by atoms with Gasteiger partial charge in [0, 0.05) is 6.04 Å². The normalized spacial score (nSPS) is 29.2. The molecule has 1 nitrogen and oxygen atoms in total. The van der Waals surface area contributed by atoms with Crippen LogP contribution in [-0.2, 0) is 6.42 Å². The third-order valence-corrected chi connectivity index (χ3v) is 4.06. The Bertz CT molecular complexity index is 364. The summed E-state index contributed by atoms with van der Waals surface area (Å²) in [6.07, 6.45) is 4.58. The first-order valence-corrected chi connectivity index (χ1v) is 6.61. The third-order valence-electron chi connectivity index (χ3n) is 4.06. The van der Waals surface area contributed by atoms with Crippen LogP contribution < -0.4 is 5.32 Å². The average molecular weight is 235 g/mol. The third kappa shape index (κ3) is 3.06. The number of benzene rings is 1.